The van der Waals surface area contributed by atoms with Crippen LogP contribution in [0.3, 0.4) is 0 Å². The summed E-state index contributed by atoms with van der Waals surface area (Å²) in [6, 6.07) is -1.66. The smallest absolute Gasteiger partial charge is 0.326 e. The second kappa shape index (κ2) is 6.78. The largest absolute Gasteiger partial charge is 0.480 e. The Kier molecular flexibility index (Phi) is 5.57. The summed E-state index contributed by atoms with van der Waals surface area (Å²) in [7, 11) is 1.65. The maximum Gasteiger partial charge on any atom is 0.326 e. The molecule has 0 unspecified atom stereocenters. The molecular weight excluding hydrogens is 274 g/mol. The summed E-state index contributed by atoms with van der Waals surface area (Å²) in [5.41, 5.74) is 5.28. The fourth-order valence-corrected chi connectivity index (χ4v) is 2.59. The van der Waals surface area contributed by atoms with E-state index in [0.29, 0.717) is 5.41 Å². The van der Waals surface area contributed by atoms with Crippen molar-refractivity contribution in [1.29, 1.82) is 0 Å². The van der Waals surface area contributed by atoms with Crippen molar-refractivity contribution in [3.63, 3.8) is 0 Å². The molecule has 0 aliphatic heterocycles. The highest BCUT2D eigenvalue weighted by atomic mass is 16.4. The first-order valence-corrected chi connectivity index (χ1v) is 7.17. The fraction of sp³-hybridized carbons (Fsp3) is 0.786. The third-order valence-corrected chi connectivity index (χ3v) is 4.18. The van der Waals surface area contributed by atoms with Gasteiger partial charge in [-0.2, -0.15) is 0 Å². The predicted molar refractivity (Wildman–Crippen MR) is 77.6 cm³/mol. The van der Waals surface area contributed by atoms with Gasteiger partial charge in [0.15, 0.2) is 0 Å². The van der Waals surface area contributed by atoms with Crippen LogP contribution in [-0.4, -0.2) is 47.0 Å². The van der Waals surface area contributed by atoms with Gasteiger partial charge >= 0.3 is 12.0 Å². The molecule has 120 valence electrons. The van der Waals surface area contributed by atoms with E-state index in [4.69, 9.17) is 10.8 Å². The molecule has 1 saturated carbocycles. The SMILES string of the molecule is CN(C(=O)N[C@H](CC(N)=O)C(=O)O)C1CCC(C)(C)CC1. The molecule has 0 saturated heterocycles. The average molecular weight is 299 g/mol. The molecule has 0 bridgehead atoms. The monoisotopic (exact) mass is 299 g/mol. The van der Waals surface area contributed by atoms with Crippen LogP contribution in [0.1, 0.15) is 46.0 Å². The molecule has 0 spiro atoms. The first-order chi connectivity index (χ1) is 9.62. The Morgan fingerprint density at radius 2 is 1.86 bits per heavy atom. The van der Waals surface area contributed by atoms with Gasteiger partial charge in [0, 0.05) is 13.1 Å². The number of aliphatic carboxylic acids is 1. The Hall–Kier alpha value is -1.79. The molecule has 1 aliphatic carbocycles. The fourth-order valence-electron chi connectivity index (χ4n) is 2.59. The zero-order valence-electron chi connectivity index (χ0n) is 12.9. The highest BCUT2D eigenvalue weighted by Crippen LogP contribution is 2.36. The number of primary amides is 1. The number of urea groups is 1. The standard InChI is InChI=1S/C14H25N3O4/c1-14(2)6-4-9(5-7-14)17(3)13(21)16-10(12(19)20)8-11(15)18/h9-10H,4-8H2,1-3H3,(H2,15,18)(H,16,21)(H,19,20)/t10-/m1/s1. The van der Waals surface area contributed by atoms with Crippen LogP contribution in [0.15, 0.2) is 0 Å². The molecule has 7 heteroatoms. The third-order valence-electron chi connectivity index (χ3n) is 4.18. The van der Waals surface area contributed by atoms with Crippen LogP contribution in [0.2, 0.25) is 0 Å². The van der Waals surface area contributed by atoms with Gasteiger partial charge in [-0.1, -0.05) is 13.8 Å². The molecule has 0 heterocycles. The lowest BCUT2D eigenvalue weighted by atomic mass is 9.75. The molecule has 0 aromatic rings. The summed E-state index contributed by atoms with van der Waals surface area (Å²) in [5, 5.41) is 11.3. The number of rotatable bonds is 5. The van der Waals surface area contributed by atoms with E-state index in [9.17, 15) is 14.4 Å². The lowest BCUT2D eigenvalue weighted by molar-refractivity contribution is -0.141. The van der Waals surface area contributed by atoms with Gasteiger partial charge in [0.05, 0.1) is 6.42 Å². The minimum absolute atomic E-state index is 0.0982. The normalized spacial score (nSPS) is 19.6. The molecule has 21 heavy (non-hydrogen) atoms. The van der Waals surface area contributed by atoms with Gasteiger partial charge in [0.1, 0.15) is 6.04 Å². The van der Waals surface area contributed by atoms with E-state index >= 15 is 0 Å². The van der Waals surface area contributed by atoms with Crippen LogP contribution >= 0.6 is 0 Å². The van der Waals surface area contributed by atoms with E-state index in [2.05, 4.69) is 19.2 Å². The number of nitrogens with one attached hydrogen (secondary N) is 1. The summed E-state index contributed by atoms with van der Waals surface area (Å²) >= 11 is 0. The quantitative estimate of drug-likeness (QED) is 0.700. The highest BCUT2D eigenvalue weighted by molar-refractivity contribution is 5.87. The van der Waals surface area contributed by atoms with Crippen LogP contribution in [0.25, 0.3) is 0 Å². The van der Waals surface area contributed by atoms with Crippen LogP contribution in [-0.2, 0) is 9.59 Å². The first-order valence-electron chi connectivity index (χ1n) is 7.17. The number of carbonyl (C=O) groups is 3. The minimum Gasteiger partial charge on any atom is -0.480 e. The van der Waals surface area contributed by atoms with Crippen molar-refractivity contribution in [3.05, 3.63) is 0 Å². The number of carboxylic acid groups (broad SMARTS) is 1. The number of nitrogens with zero attached hydrogens (tertiary/aromatic N) is 1. The molecule has 1 rings (SSSR count). The topological polar surface area (TPSA) is 113 Å². The number of carbonyl (C=O) groups excluding carboxylic acids is 2. The maximum atomic E-state index is 12.1. The Morgan fingerprint density at radius 1 is 1.33 bits per heavy atom. The lowest BCUT2D eigenvalue weighted by Gasteiger charge is -2.38. The van der Waals surface area contributed by atoms with Gasteiger partial charge in [0.25, 0.3) is 0 Å². The molecule has 1 aliphatic rings. The minimum atomic E-state index is -1.28. The number of amides is 3. The molecule has 1 atom stereocenters. The van der Waals surface area contributed by atoms with Crippen molar-refractivity contribution in [2.24, 2.45) is 11.1 Å². The molecular formula is C14H25N3O4. The zero-order chi connectivity index (χ0) is 16.2. The van der Waals surface area contributed by atoms with Gasteiger partial charge < -0.3 is 21.1 Å². The highest BCUT2D eigenvalue weighted by Gasteiger charge is 2.32. The van der Waals surface area contributed by atoms with E-state index < -0.39 is 30.4 Å². The van der Waals surface area contributed by atoms with Crippen molar-refractivity contribution in [2.45, 2.75) is 58.0 Å². The van der Waals surface area contributed by atoms with Gasteiger partial charge in [-0.3, -0.25) is 4.79 Å². The number of hydrogen-bond donors (Lipinski definition) is 3. The van der Waals surface area contributed by atoms with Crippen molar-refractivity contribution >= 4 is 17.9 Å². The molecule has 4 N–H and O–H groups in total. The lowest BCUT2D eigenvalue weighted by Crippen LogP contribution is -2.51. The second-order valence-corrected chi connectivity index (χ2v) is 6.52. The summed E-state index contributed by atoms with van der Waals surface area (Å²) in [4.78, 5) is 35.5. The number of hydrogen-bond acceptors (Lipinski definition) is 3. The Morgan fingerprint density at radius 3 is 2.29 bits per heavy atom. The van der Waals surface area contributed by atoms with E-state index in [-0.39, 0.29) is 6.04 Å². The van der Waals surface area contributed by atoms with Crippen LogP contribution in [0, 0.1) is 5.41 Å². The van der Waals surface area contributed by atoms with Crippen molar-refractivity contribution in [1.82, 2.24) is 10.2 Å². The maximum absolute atomic E-state index is 12.1. The molecule has 1 fully saturated rings. The third kappa shape index (κ3) is 5.24. The van der Waals surface area contributed by atoms with Gasteiger partial charge in [-0.25, -0.2) is 9.59 Å². The number of nitrogens with two attached hydrogens (primary N) is 1. The molecule has 0 radical (unpaired) electrons. The molecule has 7 nitrogen and oxygen atoms in total. The van der Waals surface area contributed by atoms with Crippen LogP contribution in [0.4, 0.5) is 4.79 Å². The summed E-state index contributed by atoms with van der Waals surface area (Å²) in [6.45, 7) is 4.41. The second-order valence-electron chi connectivity index (χ2n) is 6.52. The van der Waals surface area contributed by atoms with Gasteiger partial charge in [-0.05, 0) is 31.1 Å². The number of carboxylic acids is 1. The Bertz CT molecular complexity index is 412. The van der Waals surface area contributed by atoms with Crippen LogP contribution < -0.4 is 11.1 Å². The van der Waals surface area contributed by atoms with E-state index in [0.717, 1.165) is 25.7 Å². The molecule has 0 aromatic heterocycles. The van der Waals surface area contributed by atoms with Crippen molar-refractivity contribution < 1.29 is 19.5 Å². The average Bonchev–Trinajstić information content (AvgIpc) is 2.36. The van der Waals surface area contributed by atoms with Gasteiger partial charge in [-0.15, -0.1) is 0 Å². The molecule has 0 aromatic carbocycles. The Labute approximate surface area is 124 Å². The van der Waals surface area contributed by atoms with E-state index in [1.54, 1.807) is 7.05 Å². The summed E-state index contributed by atoms with van der Waals surface area (Å²) < 4.78 is 0. The van der Waals surface area contributed by atoms with Crippen LogP contribution in [0.5, 0.6) is 0 Å². The Balaban J connectivity index is 2.57. The first kappa shape index (κ1) is 17.3. The van der Waals surface area contributed by atoms with Gasteiger partial charge in [0.2, 0.25) is 5.91 Å². The summed E-state index contributed by atoms with van der Waals surface area (Å²) in [5.74, 6) is -2.02. The van der Waals surface area contributed by atoms with Crippen molar-refractivity contribution in [2.75, 3.05) is 7.05 Å². The summed E-state index contributed by atoms with van der Waals surface area (Å²) in [6.07, 6.45) is 3.43. The molecule has 3 amide bonds. The zero-order valence-corrected chi connectivity index (χ0v) is 12.9. The van der Waals surface area contributed by atoms with Crippen molar-refractivity contribution in [3.8, 4) is 0 Å². The predicted octanol–water partition coefficient (Wildman–Crippen LogP) is 0.925. The van der Waals surface area contributed by atoms with E-state index in [1.807, 2.05) is 0 Å². The van der Waals surface area contributed by atoms with E-state index in [1.165, 1.54) is 4.90 Å².